The second-order valence-electron chi connectivity index (χ2n) is 4.56. The monoisotopic (exact) mass is 259 g/mol. The molecule has 4 nitrogen and oxygen atoms in total. The van der Waals surface area contributed by atoms with Gasteiger partial charge in [0.25, 0.3) is 0 Å². The van der Waals surface area contributed by atoms with Crippen LogP contribution < -0.4 is 10.1 Å². The molecule has 1 atom stereocenters. The van der Waals surface area contributed by atoms with Crippen molar-refractivity contribution in [3.63, 3.8) is 0 Å². The summed E-state index contributed by atoms with van der Waals surface area (Å²) in [4.78, 5) is 0. The molecule has 102 valence electrons. The van der Waals surface area contributed by atoms with Gasteiger partial charge in [0, 0.05) is 25.8 Å². The predicted octanol–water partition coefficient (Wildman–Crippen LogP) is 2.67. The Morgan fingerprint density at radius 2 is 2.00 bits per heavy atom. The lowest BCUT2D eigenvalue weighted by atomic mass is 10.0. The normalized spacial score (nSPS) is 12.4. The first-order chi connectivity index (χ1) is 9.24. The largest absolute Gasteiger partial charge is 0.497 e. The van der Waals surface area contributed by atoms with Gasteiger partial charge in [-0.05, 0) is 30.2 Å². The van der Waals surface area contributed by atoms with Crippen LogP contribution in [0.2, 0.25) is 0 Å². The molecule has 2 aromatic rings. The molecule has 4 heteroatoms. The van der Waals surface area contributed by atoms with Crippen molar-refractivity contribution in [3.8, 4) is 5.75 Å². The van der Waals surface area contributed by atoms with Gasteiger partial charge in [-0.25, -0.2) is 0 Å². The van der Waals surface area contributed by atoms with E-state index in [9.17, 15) is 0 Å². The van der Waals surface area contributed by atoms with E-state index in [4.69, 9.17) is 4.74 Å². The summed E-state index contributed by atoms with van der Waals surface area (Å²) in [7, 11) is 3.65. The zero-order valence-corrected chi connectivity index (χ0v) is 11.8. The second kappa shape index (κ2) is 6.38. The van der Waals surface area contributed by atoms with Crippen molar-refractivity contribution in [2.24, 2.45) is 7.05 Å². The molecule has 19 heavy (non-hydrogen) atoms. The fourth-order valence-electron chi connectivity index (χ4n) is 2.14. The maximum absolute atomic E-state index is 5.19. The van der Waals surface area contributed by atoms with E-state index in [0.717, 1.165) is 18.7 Å². The van der Waals surface area contributed by atoms with Gasteiger partial charge in [-0.3, -0.25) is 4.68 Å². The number of methoxy groups -OCH3 is 1. The fourth-order valence-corrected chi connectivity index (χ4v) is 2.14. The van der Waals surface area contributed by atoms with Gasteiger partial charge in [0.15, 0.2) is 0 Å². The van der Waals surface area contributed by atoms with Crippen molar-refractivity contribution in [3.05, 3.63) is 47.8 Å². The van der Waals surface area contributed by atoms with Gasteiger partial charge in [0.2, 0.25) is 0 Å². The van der Waals surface area contributed by atoms with Crippen molar-refractivity contribution in [1.29, 1.82) is 0 Å². The third-order valence-corrected chi connectivity index (χ3v) is 3.38. The van der Waals surface area contributed by atoms with Crippen LogP contribution in [-0.2, 0) is 13.6 Å². The highest BCUT2D eigenvalue weighted by atomic mass is 16.5. The van der Waals surface area contributed by atoms with Crippen LogP contribution in [0.4, 0.5) is 0 Å². The quantitative estimate of drug-likeness (QED) is 0.867. The van der Waals surface area contributed by atoms with Crippen LogP contribution in [0.25, 0.3) is 0 Å². The maximum atomic E-state index is 5.19. The van der Waals surface area contributed by atoms with E-state index in [1.54, 1.807) is 7.11 Å². The van der Waals surface area contributed by atoms with Gasteiger partial charge in [0.05, 0.1) is 12.8 Å². The third-order valence-electron chi connectivity index (χ3n) is 3.38. The Morgan fingerprint density at radius 1 is 1.26 bits per heavy atom. The number of hydrogen-bond acceptors (Lipinski definition) is 3. The molecule has 0 saturated heterocycles. The number of aromatic nitrogens is 2. The van der Waals surface area contributed by atoms with Crippen LogP contribution >= 0.6 is 0 Å². The summed E-state index contributed by atoms with van der Waals surface area (Å²) in [5.41, 5.74) is 2.47. The highest BCUT2D eigenvalue weighted by Crippen LogP contribution is 2.20. The molecule has 0 aliphatic carbocycles. The number of hydrogen-bond donors (Lipinski definition) is 1. The highest BCUT2D eigenvalue weighted by Gasteiger charge is 2.09. The smallest absolute Gasteiger partial charge is 0.118 e. The topological polar surface area (TPSA) is 39.1 Å². The molecule has 0 fully saturated rings. The Hall–Kier alpha value is -1.81. The molecule has 0 spiro atoms. The number of rotatable bonds is 6. The first-order valence-electron chi connectivity index (χ1n) is 6.58. The minimum atomic E-state index is 0.348. The summed E-state index contributed by atoms with van der Waals surface area (Å²) in [6, 6.07) is 10.6. The van der Waals surface area contributed by atoms with Crippen LogP contribution in [0.1, 0.15) is 30.6 Å². The summed E-state index contributed by atoms with van der Waals surface area (Å²) >= 11 is 0. The molecule has 1 N–H and O–H groups in total. The Labute approximate surface area is 114 Å². The molecule has 0 aliphatic heterocycles. The second-order valence-corrected chi connectivity index (χ2v) is 4.56. The van der Waals surface area contributed by atoms with Gasteiger partial charge in [-0.2, -0.15) is 5.10 Å². The number of nitrogens with zero attached hydrogens (tertiary/aromatic N) is 2. The molecular weight excluding hydrogens is 238 g/mol. The molecule has 0 amide bonds. The van der Waals surface area contributed by atoms with Crippen LogP contribution in [0.5, 0.6) is 5.75 Å². The summed E-state index contributed by atoms with van der Waals surface area (Å²) < 4.78 is 7.08. The molecule has 1 aromatic heterocycles. The average molecular weight is 259 g/mol. The molecule has 1 unspecified atom stereocenters. The molecule has 1 aromatic carbocycles. The molecule has 0 aliphatic rings. The van der Waals surface area contributed by atoms with E-state index in [1.807, 2.05) is 36.1 Å². The molecular formula is C15H21N3O. The zero-order valence-electron chi connectivity index (χ0n) is 11.8. The van der Waals surface area contributed by atoms with E-state index in [-0.39, 0.29) is 0 Å². The molecule has 2 rings (SSSR count). The van der Waals surface area contributed by atoms with Crippen molar-refractivity contribution in [2.75, 3.05) is 7.11 Å². The summed E-state index contributed by atoms with van der Waals surface area (Å²) in [6.07, 6.45) is 2.87. The Bertz CT molecular complexity index is 504. The lowest BCUT2D eigenvalue weighted by Crippen LogP contribution is -2.21. The number of ether oxygens (including phenoxy) is 1. The van der Waals surface area contributed by atoms with Gasteiger partial charge in [-0.1, -0.05) is 19.1 Å². The van der Waals surface area contributed by atoms with E-state index < -0.39 is 0 Å². The van der Waals surface area contributed by atoms with E-state index in [2.05, 4.69) is 29.5 Å². The number of benzene rings is 1. The van der Waals surface area contributed by atoms with Crippen LogP contribution in [0.3, 0.4) is 0 Å². The highest BCUT2D eigenvalue weighted by molar-refractivity contribution is 5.29. The first kappa shape index (κ1) is 13.6. The van der Waals surface area contributed by atoms with Gasteiger partial charge in [-0.15, -0.1) is 0 Å². The minimum absolute atomic E-state index is 0.348. The standard InChI is InChI=1S/C15H21N3O/c1-4-15(12-5-7-14(19-3)8-6-12)16-11-13-9-10-17-18(13)2/h5-10,15-16H,4,11H2,1-3H3. The van der Waals surface area contributed by atoms with Crippen molar-refractivity contribution >= 4 is 0 Å². The lowest BCUT2D eigenvalue weighted by Gasteiger charge is -2.17. The maximum Gasteiger partial charge on any atom is 0.118 e. The average Bonchev–Trinajstić information content (AvgIpc) is 2.86. The van der Waals surface area contributed by atoms with Gasteiger partial charge < -0.3 is 10.1 Å². The summed E-state index contributed by atoms with van der Waals surface area (Å²) in [5.74, 6) is 0.894. The van der Waals surface area contributed by atoms with Crippen molar-refractivity contribution < 1.29 is 4.74 Å². The first-order valence-corrected chi connectivity index (χ1v) is 6.58. The number of nitrogens with one attached hydrogen (secondary N) is 1. The lowest BCUT2D eigenvalue weighted by molar-refractivity contribution is 0.414. The fraction of sp³-hybridized carbons (Fsp3) is 0.400. The minimum Gasteiger partial charge on any atom is -0.497 e. The predicted molar refractivity (Wildman–Crippen MR) is 76.1 cm³/mol. The number of aryl methyl sites for hydroxylation is 1. The van der Waals surface area contributed by atoms with Crippen molar-refractivity contribution in [1.82, 2.24) is 15.1 Å². The van der Waals surface area contributed by atoms with E-state index in [1.165, 1.54) is 11.3 Å². The van der Waals surface area contributed by atoms with Crippen molar-refractivity contribution in [2.45, 2.75) is 25.9 Å². The molecule has 0 bridgehead atoms. The molecule has 0 saturated carbocycles. The Balaban J connectivity index is 2.01. The zero-order chi connectivity index (χ0) is 13.7. The molecule has 1 heterocycles. The van der Waals surface area contributed by atoms with Gasteiger partial charge in [0.1, 0.15) is 5.75 Å². The van der Waals surface area contributed by atoms with Crippen LogP contribution in [0, 0.1) is 0 Å². The van der Waals surface area contributed by atoms with E-state index in [0.29, 0.717) is 6.04 Å². The van der Waals surface area contributed by atoms with Gasteiger partial charge >= 0.3 is 0 Å². The van der Waals surface area contributed by atoms with E-state index >= 15 is 0 Å². The summed E-state index contributed by atoms with van der Waals surface area (Å²) in [6.45, 7) is 3.01. The van der Waals surface area contributed by atoms with Crippen LogP contribution in [-0.4, -0.2) is 16.9 Å². The SMILES string of the molecule is CCC(NCc1ccnn1C)c1ccc(OC)cc1. The Morgan fingerprint density at radius 3 is 2.53 bits per heavy atom. The van der Waals surface area contributed by atoms with Crippen LogP contribution in [0.15, 0.2) is 36.5 Å². The third kappa shape index (κ3) is 3.35. The molecule has 0 radical (unpaired) electrons. The summed E-state index contributed by atoms with van der Waals surface area (Å²) in [5, 5.41) is 7.74. The Kier molecular flexibility index (Phi) is 4.58.